The van der Waals surface area contributed by atoms with Crippen molar-refractivity contribution in [2.75, 3.05) is 25.4 Å². The van der Waals surface area contributed by atoms with Crippen molar-refractivity contribution in [3.8, 4) is 0 Å². The van der Waals surface area contributed by atoms with Crippen LogP contribution in [0.3, 0.4) is 0 Å². The summed E-state index contributed by atoms with van der Waals surface area (Å²) in [7, 11) is -3.31. The molecule has 5 nitrogen and oxygen atoms in total. The maximum absolute atomic E-state index is 11.6. The second kappa shape index (κ2) is 5.06. The minimum Gasteiger partial charge on any atom is -0.389 e. The molecule has 86 valence electrons. The lowest BCUT2D eigenvalue weighted by Crippen LogP contribution is -2.43. The van der Waals surface area contributed by atoms with Crippen LogP contribution in [0.5, 0.6) is 0 Å². The summed E-state index contributed by atoms with van der Waals surface area (Å²) < 4.78 is 24.4. The van der Waals surface area contributed by atoms with Gasteiger partial charge in [0.15, 0.2) is 0 Å². The molecule has 14 heavy (non-hydrogen) atoms. The molecule has 0 aliphatic rings. The van der Waals surface area contributed by atoms with E-state index in [1.165, 1.54) is 4.31 Å². The van der Waals surface area contributed by atoms with Crippen LogP contribution in [0.15, 0.2) is 0 Å². The molecule has 6 heteroatoms. The molecule has 0 aliphatic carbocycles. The molecule has 0 fully saturated rings. The van der Waals surface area contributed by atoms with E-state index in [9.17, 15) is 13.5 Å². The molecule has 0 aliphatic heterocycles. The fourth-order valence-corrected chi connectivity index (χ4v) is 2.58. The summed E-state index contributed by atoms with van der Waals surface area (Å²) in [6.45, 7) is 5.45. The van der Waals surface area contributed by atoms with E-state index in [0.29, 0.717) is 6.54 Å². The van der Waals surface area contributed by atoms with Gasteiger partial charge in [0.2, 0.25) is 10.0 Å². The molecule has 0 rings (SSSR count). The minimum atomic E-state index is -3.31. The predicted octanol–water partition coefficient (Wildman–Crippen LogP) is -0.632. The molecule has 0 spiro atoms. The summed E-state index contributed by atoms with van der Waals surface area (Å²) in [5.74, 6) is -0.0725. The first-order valence-corrected chi connectivity index (χ1v) is 6.24. The molecule has 0 atom stereocenters. The van der Waals surface area contributed by atoms with Crippen LogP contribution >= 0.6 is 0 Å². The van der Waals surface area contributed by atoms with Gasteiger partial charge in [0.25, 0.3) is 0 Å². The Morgan fingerprint density at radius 3 is 2.21 bits per heavy atom. The maximum atomic E-state index is 11.6. The van der Waals surface area contributed by atoms with E-state index in [1.54, 1.807) is 20.8 Å². The normalized spacial score (nSPS) is 13.6. The van der Waals surface area contributed by atoms with Crippen molar-refractivity contribution in [1.29, 1.82) is 0 Å². The lowest BCUT2D eigenvalue weighted by atomic mass is 10.1. The Kier molecular flexibility index (Phi) is 5.00. The summed E-state index contributed by atoms with van der Waals surface area (Å²) >= 11 is 0. The highest BCUT2D eigenvalue weighted by Gasteiger charge is 2.25. The van der Waals surface area contributed by atoms with Crippen molar-refractivity contribution in [2.45, 2.75) is 26.4 Å². The molecule has 0 amide bonds. The number of aliphatic hydroxyl groups is 1. The summed E-state index contributed by atoms with van der Waals surface area (Å²) in [5, 5.41) is 9.51. The second-order valence-corrected chi connectivity index (χ2v) is 5.93. The van der Waals surface area contributed by atoms with E-state index in [-0.39, 0.29) is 18.8 Å². The van der Waals surface area contributed by atoms with Crippen LogP contribution in [0.4, 0.5) is 0 Å². The highest BCUT2D eigenvalue weighted by Crippen LogP contribution is 2.09. The smallest absolute Gasteiger partial charge is 0.215 e. The zero-order valence-electron chi connectivity index (χ0n) is 9.02. The summed E-state index contributed by atoms with van der Waals surface area (Å²) in [4.78, 5) is 0. The van der Waals surface area contributed by atoms with Crippen LogP contribution in [-0.4, -0.2) is 48.8 Å². The van der Waals surface area contributed by atoms with Crippen molar-refractivity contribution >= 4 is 10.0 Å². The van der Waals surface area contributed by atoms with E-state index in [2.05, 4.69) is 0 Å². The first kappa shape index (κ1) is 13.8. The fourth-order valence-electron chi connectivity index (χ4n) is 1.12. The third kappa shape index (κ3) is 4.90. The Hall–Kier alpha value is -0.170. The standard InChI is InChI=1S/C8H20N2O3S/c1-4-10(7-8(2,3)11)14(12,13)6-5-9/h11H,4-7,9H2,1-3H3. The van der Waals surface area contributed by atoms with E-state index in [0.717, 1.165) is 0 Å². The number of sulfonamides is 1. The van der Waals surface area contributed by atoms with E-state index >= 15 is 0 Å². The van der Waals surface area contributed by atoms with Gasteiger partial charge in [-0.3, -0.25) is 0 Å². The van der Waals surface area contributed by atoms with Crippen molar-refractivity contribution in [2.24, 2.45) is 5.73 Å². The molecule has 0 bridgehead atoms. The Morgan fingerprint density at radius 1 is 1.43 bits per heavy atom. The van der Waals surface area contributed by atoms with E-state index < -0.39 is 15.6 Å². The van der Waals surface area contributed by atoms with Crippen LogP contribution in [0.25, 0.3) is 0 Å². The van der Waals surface area contributed by atoms with Crippen molar-refractivity contribution in [3.63, 3.8) is 0 Å². The monoisotopic (exact) mass is 224 g/mol. The van der Waals surface area contributed by atoms with Crippen molar-refractivity contribution in [3.05, 3.63) is 0 Å². The summed E-state index contributed by atoms with van der Waals surface area (Å²) in [5.41, 5.74) is 4.19. The van der Waals surface area contributed by atoms with Gasteiger partial charge in [0, 0.05) is 19.6 Å². The molecule has 0 heterocycles. The first-order valence-electron chi connectivity index (χ1n) is 4.63. The van der Waals surface area contributed by atoms with Gasteiger partial charge in [-0.2, -0.15) is 4.31 Å². The minimum absolute atomic E-state index is 0.0725. The third-order valence-corrected chi connectivity index (χ3v) is 3.61. The maximum Gasteiger partial charge on any atom is 0.215 e. The zero-order valence-corrected chi connectivity index (χ0v) is 9.84. The Balaban J connectivity index is 4.57. The average Bonchev–Trinajstić information content (AvgIpc) is 1.98. The van der Waals surface area contributed by atoms with Crippen molar-refractivity contribution in [1.82, 2.24) is 4.31 Å². The Labute approximate surface area is 85.9 Å². The molecular formula is C8H20N2O3S. The van der Waals surface area contributed by atoms with E-state index in [1.807, 2.05) is 0 Å². The molecular weight excluding hydrogens is 204 g/mol. The number of nitrogens with zero attached hydrogens (tertiary/aromatic N) is 1. The molecule has 0 aromatic heterocycles. The van der Waals surface area contributed by atoms with Gasteiger partial charge in [-0.25, -0.2) is 8.42 Å². The first-order chi connectivity index (χ1) is 6.23. The van der Waals surface area contributed by atoms with Gasteiger partial charge in [-0.15, -0.1) is 0 Å². The molecule has 0 saturated heterocycles. The van der Waals surface area contributed by atoms with Crippen LogP contribution in [0.1, 0.15) is 20.8 Å². The largest absolute Gasteiger partial charge is 0.389 e. The number of hydrogen-bond donors (Lipinski definition) is 2. The SMILES string of the molecule is CCN(CC(C)(C)O)S(=O)(=O)CCN. The van der Waals surface area contributed by atoms with Gasteiger partial charge in [-0.1, -0.05) is 6.92 Å². The topological polar surface area (TPSA) is 83.6 Å². The molecule has 0 aromatic carbocycles. The second-order valence-electron chi connectivity index (χ2n) is 3.84. The van der Waals surface area contributed by atoms with Gasteiger partial charge in [0.1, 0.15) is 0 Å². The third-order valence-electron chi connectivity index (χ3n) is 1.69. The predicted molar refractivity (Wildman–Crippen MR) is 56.4 cm³/mol. The van der Waals surface area contributed by atoms with Gasteiger partial charge < -0.3 is 10.8 Å². The van der Waals surface area contributed by atoms with Gasteiger partial charge in [0.05, 0.1) is 11.4 Å². The molecule has 0 aromatic rings. The van der Waals surface area contributed by atoms with Crippen LogP contribution in [0, 0.1) is 0 Å². The number of hydrogen-bond acceptors (Lipinski definition) is 4. The molecule has 0 saturated carbocycles. The summed E-state index contributed by atoms with van der Waals surface area (Å²) in [6, 6.07) is 0. The highest BCUT2D eigenvalue weighted by atomic mass is 32.2. The molecule has 3 N–H and O–H groups in total. The lowest BCUT2D eigenvalue weighted by molar-refractivity contribution is 0.0601. The van der Waals surface area contributed by atoms with Gasteiger partial charge >= 0.3 is 0 Å². The van der Waals surface area contributed by atoms with Crippen LogP contribution in [-0.2, 0) is 10.0 Å². The molecule has 0 unspecified atom stereocenters. The number of nitrogens with two attached hydrogens (primary N) is 1. The quantitative estimate of drug-likeness (QED) is 0.629. The zero-order chi connectivity index (χ0) is 11.4. The van der Waals surface area contributed by atoms with E-state index in [4.69, 9.17) is 5.73 Å². The summed E-state index contributed by atoms with van der Waals surface area (Å²) in [6.07, 6.45) is 0. The van der Waals surface area contributed by atoms with Crippen molar-refractivity contribution < 1.29 is 13.5 Å². The van der Waals surface area contributed by atoms with Crippen LogP contribution < -0.4 is 5.73 Å². The fraction of sp³-hybridized carbons (Fsp3) is 1.00. The highest BCUT2D eigenvalue weighted by molar-refractivity contribution is 7.89. The van der Waals surface area contributed by atoms with Gasteiger partial charge in [-0.05, 0) is 13.8 Å². The van der Waals surface area contributed by atoms with Crippen LogP contribution in [0.2, 0.25) is 0 Å². The lowest BCUT2D eigenvalue weighted by Gasteiger charge is -2.27. The Bertz CT molecular complexity index is 256. The number of rotatable bonds is 6. The number of likely N-dealkylation sites (N-methyl/N-ethyl adjacent to an activating group) is 1. The average molecular weight is 224 g/mol. The Morgan fingerprint density at radius 2 is 1.93 bits per heavy atom. The molecule has 0 radical (unpaired) electrons.